The van der Waals surface area contributed by atoms with Crippen LogP contribution in [0.1, 0.15) is 13.3 Å². The van der Waals surface area contributed by atoms with Crippen LogP contribution in [0.25, 0.3) is 0 Å². The van der Waals surface area contributed by atoms with Crippen LogP contribution in [-0.4, -0.2) is 37.5 Å². The molecule has 0 spiro atoms. The molecule has 0 amide bonds. The van der Waals surface area contributed by atoms with Gasteiger partial charge in [-0.15, -0.1) is 0 Å². The molecular weight excluding hydrogens is 280 g/mol. The summed E-state index contributed by atoms with van der Waals surface area (Å²) in [4.78, 5) is 11.1. The van der Waals surface area contributed by atoms with Gasteiger partial charge in [-0.3, -0.25) is 4.79 Å². The molecule has 0 saturated carbocycles. The summed E-state index contributed by atoms with van der Waals surface area (Å²) in [6, 6.07) is 0. The Morgan fingerprint density at radius 3 is 2.83 bits per heavy atom. The largest absolute Gasteiger partial charge is 0.382 e. The van der Waals surface area contributed by atoms with Crippen LogP contribution in [-0.2, 0) is 10.0 Å². The van der Waals surface area contributed by atoms with Crippen molar-refractivity contribution in [3.05, 3.63) is 21.6 Å². The summed E-state index contributed by atoms with van der Waals surface area (Å²) in [5.41, 5.74) is -0.0351. The number of nitrogens with zero attached hydrogens (tertiary/aromatic N) is 1. The third-order valence-electron chi connectivity index (χ3n) is 2.17. The third kappa shape index (κ3) is 4.63. The lowest BCUT2D eigenvalue weighted by Gasteiger charge is -2.07. The van der Waals surface area contributed by atoms with Gasteiger partial charge in [0.2, 0.25) is 10.0 Å². The van der Waals surface area contributed by atoms with E-state index >= 15 is 0 Å². The Hall–Kier alpha value is -1.12. The van der Waals surface area contributed by atoms with Gasteiger partial charge < -0.3 is 5.32 Å². The zero-order valence-electron chi connectivity index (χ0n) is 9.86. The molecule has 3 N–H and O–H groups in total. The van der Waals surface area contributed by atoms with Gasteiger partial charge in [0.1, 0.15) is 5.02 Å². The highest BCUT2D eigenvalue weighted by Gasteiger charge is 2.06. The summed E-state index contributed by atoms with van der Waals surface area (Å²) in [6.07, 6.45) is 1.97. The molecule has 0 aliphatic carbocycles. The molecule has 9 heteroatoms. The molecular formula is C9H15ClN4O3S. The van der Waals surface area contributed by atoms with Gasteiger partial charge in [-0.25, -0.2) is 18.2 Å². The Balaban J connectivity index is 2.35. The number of aromatic nitrogens is 2. The molecule has 0 saturated heterocycles. The molecule has 18 heavy (non-hydrogen) atoms. The minimum atomic E-state index is -3.15. The standard InChI is InChI=1S/C9H15ClN4O3S/c1-2-18(16,17)13-5-3-4-11-7-6-12-14-9(15)8(7)10/h6,13H,2-5H2,1H3,(H2,11,14,15). The molecule has 0 aliphatic heterocycles. The molecule has 0 atom stereocenters. The molecule has 102 valence electrons. The fourth-order valence-corrected chi connectivity index (χ4v) is 1.97. The first-order valence-electron chi connectivity index (χ1n) is 5.40. The lowest BCUT2D eigenvalue weighted by atomic mass is 10.4. The van der Waals surface area contributed by atoms with Crippen LogP contribution in [0.3, 0.4) is 0 Å². The van der Waals surface area contributed by atoms with Crippen molar-refractivity contribution in [2.45, 2.75) is 13.3 Å². The van der Waals surface area contributed by atoms with Gasteiger partial charge in [-0.05, 0) is 13.3 Å². The summed E-state index contributed by atoms with van der Waals surface area (Å²) in [5, 5.41) is 8.75. The van der Waals surface area contributed by atoms with E-state index in [4.69, 9.17) is 11.6 Å². The molecule has 7 nitrogen and oxygen atoms in total. The lowest BCUT2D eigenvalue weighted by molar-refractivity contribution is 0.581. The van der Waals surface area contributed by atoms with Crippen LogP contribution >= 0.6 is 11.6 Å². The average molecular weight is 295 g/mol. The number of hydrogen-bond acceptors (Lipinski definition) is 5. The predicted molar refractivity (Wildman–Crippen MR) is 70.4 cm³/mol. The highest BCUT2D eigenvalue weighted by Crippen LogP contribution is 2.13. The van der Waals surface area contributed by atoms with Gasteiger partial charge in [0.05, 0.1) is 17.6 Å². The van der Waals surface area contributed by atoms with E-state index in [1.54, 1.807) is 6.92 Å². The first kappa shape index (κ1) is 14.9. The van der Waals surface area contributed by atoms with Crippen molar-refractivity contribution >= 4 is 27.3 Å². The van der Waals surface area contributed by atoms with Crippen LogP contribution < -0.4 is 15.6 Å². The Kier molecular flexibility index (Phi) is 5.57. The van der Waals surface area contributed by atoms with Crippen molar-refractivity contribution in [1.29, 1.82) is 0 Å². The van der Waals surface area contributed by atoms with E-state index in [1.165, 1.54) is 6.20 Å². The van der Waals surface area contributed by atoms with Crippen molar-refractivity contribution < 1.29 is 8.42 Å². The minimum absolute atomic E-state index is 0.0409. The number of anilines is 1. The summed E-state index contributed by atoms with van der Waals surface area (Å²) in [5.74, 6) is 0.0598. The maximum Gasteiger partial charge on any atom is 0.285 e. The summed E-state index contributed by atoms with van der Waals surface area (Å²) < 4.78 is 24.7. The Morgan fingerprint density at radius 1 is 1.44 bits per heavy atom. The van der Waals surface area contributed by atoms with Crippen LogP contribution in [0.2, 0.25) is 5.02 Å². The second-order valence-corrected chi connectivity index (χ2v) is 5.98. The summed E-state index contributed by atoms with van der Waals surface area (Å²) >= 11 is 5.74. The number of rotatable bonds is 7. The van der Waals surface area contributed by atoms with Crippen LogP contribution in [0.5, 0.6) is 0 Å². The zero-order chi connectivity index (χ0) is 13.6. The maximum absolute atomic E-state index is 11.1. The smallest absolute Gasteiger partial charge is 0.285 e. The molecule has 0 fully saturated rings. The van der Waals surface area contributed by atoms with Crippen LogP contribution in [0.15, 0.2) is 11.0 Å². The number of halogens is 1. The van der Waals surface area contributed by atoms with Crippen LogP contribution in [0.4, 0.5) is 5.69 Å². The second kappa shape index (κ2) is 6.72. The highest BCUT2D eigenvalue weighted by atomic mass is 35.5. The summed E-state index contributed by atoms with van der Waals surface area (Å²) in [7, 11) is -3.15. The first-order chi connectivity index (χ1) is 8.46. The van der Waals surface area contributed by atoms with E-state index in [-0.39, 0.29) is 10.8 Å². The van der Waals surface area contributed by atoms with E-state index in [9.17, 15) is 13.2 Å². The maximum atomic E-state index is 11.1. The van der Waals surface area contributed by atoms with Crippen molar-refractivity contribution in [3.8, 4) is 0 Å². The normalized spacial score (nSPS) is 11.4. The van der Waals surface area contributed by atoms with Gasteiger partial charge in [0.15, 0.2) is 0 Å². The fourth-order valence-electron chi connectivity index (χ4n) is 1.15. The van der Waals surface area contributed by atoms with Gasteiger partial charge >= 0.3 is 0 Å². The van der Waals surface area contributed by atoms with Gasteiger partial charge in [-0.1, -0.05) is 11.6 Å². The molecule has 1 aromatic heterocycles. The average Bonchev–Trinajstić information content (AvgIpc) is 2.34. The second-order valence-electron chi connectivity index (χ2n) is 3.50. The van der Waals surface area contributed by atoms with Gasteiger partial charge in [-0.2, -0.15) is 5.10 Å². The van der Waals surface area contributed by atoms with E-state index in [2.05, 4.69) is 20.2 Å². The Bertz CT molecular complexity index is 543. The molecule has 1 aromatic rings. The van der Waals surface area contributed by atoms with Crippen molar-refractivity contribution in [2.75, 3.05) is 24.2 Å². The predicted octanol–water partition coefficient (Wildman–Crippen LogP) is 0.165. The van der Waals surface area contributed by atoms with Gasteiger partial charge in [0, 0.05) is 13.1 Å². The fraction of sp³-hybridized carbons (Fsp3) is 0.556. The van der Waals surface area contributed by atoms with Crippen molar-refractivity contribution in [2.24, 2.45) is 0 Å². The SMILES string of the molecule is CCS(=O)(=O)NCCCNc1cn[nH]c(=O)c1Cl. The van der Waals surface area contributed by atoms with Crippen LogP contribution in [0, 0.1) is 0 Å². The lowest BCUT2D eigenvalue weighted by Crippen LogP contribution is -2.27. The third-order valence-corrected chi connectivity index (χ3v) is 3.95. The number of sulfonamides is 1. The molecule has 1 heterocycles. The van der Waals surface area contributed by atoms with E-state index < -0.39 is 15.6 Å². The molecule has 0 aromatic carbocycles. The number of nitrogens with one attached hydrogen (secondary N) is 3. The molecule has 1 rings (SSSR count). The minimum Gasteiger partial charge on any atom is -0.382 e. The van der Waals surface area contributed by atoms with E-state index in [1.807, 2.05) is 0 Å². The van der Waals surface area contributed by atoms with Crippen molar-refractivity contribution in [3.63, 3.8) is 0 Å². The molecule has 0 radical (unpaired) electrons. The quantitative estimate of drug-likeness (QED) is 0.622. The monoisotopic (exact) mass is 294 g/mol. The molecule has 0 unspecified atom stereocenters. The Morgan fingerprint density at radius 2 is 2.17 bits per heavy atom. The van der Waals surface area contributed by atoms with E-state index in [0.717, 1.165) is 0 Å². The zero-order valence-corrected chi connectivity index (χ0v) is 11.4. The van der Waals surface area contributed by atoms with Gasteiger partial charge in [0.25, 0.3) is 5.56 Å². The molecule has 0 bridgehead atoms. The number of aromatic amines is 1. The highest BCUT2D eigenvalue weighted by molar-refractivity contribution is 7.89. The first-order valence-corrected chi connectivity index (χ1v) is 7.43. The number of H-pyrrole nitrogens is 1. The molecule has 0 aliphatic rings. The number of hydrogen-bond donors (Lipinski definition) is 3. The topological polar surface area (TPSA) is 104 Å². The van der Waals surface area contributed by atoms with Crippen molar-refractivity contribution in [1.82, 2.24) is 14.9 Å². The Labute approximate surface area is 110 Å². The summed E-state index contributed by atoms with van der Waals surface area (Å²) in [6.45, 7) is 2.39. The van der Waals surface area contributed by atoms with E-state index in [0.29, 0.717) is 25.2 Å².